The molecule has 0 radical (unpaired) electrons. The van der Waals surface area contributed by atoms with Gasteiger partial charge in [-0.25, -0.2) is 8.42 Å². The molecule has 0 bridgehead atoms. The number of rotatable bonds is 6. The average molecular weight is 380 g/mol. The van der Waals surface area contributed by atoms with E-state index in [1.807, 2.05) is 36.4 Å². The Kier molecular flexibility index (Phi) is 5.66. The third-order valence-electron chi connectivity index (χ3n) is 4.19. The van der Waals surface area contributed by atoms with Crippen LogP contribution in [0, 0.1) is 0 Å². The average Bonchev–Trinajstić information content (AvgIpc) is 2.69. The summed E-state index contributed by atoms with van der Waals surface area (Å²) in [6.45, 7) is 1.61. The molecule has 138 valence electrons. The number of aromatic nitrogens is 1. The predicted molar refractivity (Wildman–Crippen MR) is 106 cm³/mol. The second-order valence-electron chi connectivity index (χ2n) is 6.09. The number of carbonyl (C=O) groups is 1. The van der Waals surface area contributed by atoms with Crippen molar-refractivity contribution in [1.29, 1.82) is 0 Å². The second-order valence-corrected chi connectivity index (χ2v) is 8.37. The van der Waals surface area contributed by atoms with E-state index in [4.69, 9.17) is 0 Å². The zero-order chi connectivity index (χ0) is 19.3. The van der Waals surface area contributed by atoms with Gasteiger partial charge in [-0.3, -0.25) is 9.78 Å². The van der Waals surface area contributed by atoms with Crippen molar-refractivity contribution >= 4 is 21.4 Å². The minimum absolute atomic E-state index is 0.0562. The molecule has 1 aromatic heterocycles. The first-order chi connectivity index (χ1) is 13.0. The molecule has 0 saturated carbocycles. The highest BCUT2D eigenvalue weighted by Gasteiger charge is 2.12. The fourth-order valence-electron chi connectivity index (χ4n) is 2.69. The van der Waals surface area contributed by atoms with Crippen molar-refractivity contribution in [1.82, 2.24) is 4.98 Å². The molecule has 0 fully saturated rings. The molecule has 0 unspecified atom stereocenters. The van der Waals surface area contributed by atoms with Crippen molar-refractivity contribution in [3.05, 3.63) is 78.6 Å². The quantitative estimate of drug-likeness (QED) is 0.707. The normalized spacial score (nSPS) is 11.1. The SMILES string of the molecule is CCS(=O)(=O)c1ccc(CC(=O)Nc2cccc(-c3ccncc3)c2)cc1. The van der Waals surface area contributed by atoms with E-state index < -0.39 is 9.84 Å². The standard InChI is InChI=1S/C21H20N2O3S/c1-2-27(25,26)20-8-6-16(7-9-20)14-21(24)23-19-5-3-4-18(15-19)17-10-12-22-13-11-17/h3-13,15H,2,14H2,1H3,(H,23,24). The highest BCUT2D eigenvalue weighted by Crippen LogP contribution is 2.22. The van der Waals surface area contributed by atoms with E-state index in [0.717, 1.165) is 16.7 Å². The van der Waals surface area contributed by atoms with Gasteiger partial charge in [0.2, 0.25) is 5.91 Å². The van der Waals surface area contributed by atoms with Crippen molar-refractivity contribution in [3.63, 3.8) is 0 Å². The molecule has 3 aromatic rings. The molecule has 5 nitrogen and oxygen atoms in total. The number of pyridine rings is 1. The van der Waals surface area contributed by atoms with Gasteiger partial charge in [0, 0.05) is 18.1 Å². The van der Waals surface area contributed by atoms with Crippen molar-refractivity contribution < 1.29 is 13.2 Å². The Labute approximate surface area is 159 Å². The first-order valence-electron chi connectivity index (χ1n) is 8.60. The molecule has 0 saturated heterocycles. The van der Waals surface area contributed by atoms with E-state index in [1.165, 1.54) is 0 Å². The molecule has 1 N–H and O–H groups in total. The fourth-order valence-corrected chi connectivity index (χ4v) is 3.58. The summed E-state index contributed by atoms with van der Waals surface area (Å²) >= 11 is 0. The van der Waals surface area contributed by atoms with Gasteiger partial charge >= 0.3 is 0 Å². The number of carbonyl (C=O) groups excluding carboxylic acids is 1. The summed E-state index contributed by atoms with van der Waals surface area (Å²) in [5.74, 6) is -0.103. The number of nitrogens with one attached hydrogen (secondary N) is 1. The lowest BCUT2D eigenvalue weighted by atomic mass is 10.1. The summed E-state index contributed by atoms with van der Waals surface area (Å²) in [7, 11) is -3.23. The third kappa shape index (κ3) is 4.80. The fraction of sp³-hybridized carbons (Fsp3) is 0.143. The van der Waals surface area contributed by atoms with Crippen LogP contribution in [0.1, 0.15) is 12.5 Å². The van der Waals surface area contributed by atoms with Gasteiger partial charge in [-0.1, -0.05) is 31.2 Å². The molecule has 3 rings (SSSR count). The van der Waals surface area contributed by atoms with Gasteiger partial charge in [0.05, 0.1) is 17.1 Å². The Bertz CT molecular complexity index is 1030. The zero-order valence-corrected chi connectivity index (χ0v) is 15.7. The zero-order valence-electron chi connectivity index (χ0n) is 14.9. The van der Waals surface area contributed by atoms with Crippen molar-refractivity contribution in [2.75, 3.05) is 11.1 Å². The minimum atomic E-state index is -3.23. The summed E-state index contributed by atoms with van der Waals surface area (Å²) in [5.41, 5.74) is 3.48. The molecule has 27 heavy (non-hydrogen) atoms. The van der Waals surface area contributed by atoms with E-state index in [-0.39, 0.29) is 23.0 Å². The summed E-state index contributed by atoms with van der Waals surface area (Å²) < 4.78 is 23.7. The van der Waals surface area contributed by atoms with Crippen molar-refractivity contribution in [2.24, 2.45) is 0 Å². The second kappa shape index (κ2) is 8.14. The number of benzene rings is 2. The molecule has 0 aliphatic carbocycles. The lowest BCUT2D eigenvalue weighted by Crippen LogP contribution is -2.14. The molecule has 1 amide bonds. The van der Waals surface area contributed by atoms with Crippen LogP contribution in [0.15, 0.2) is 78.0 Å². The van der Waals surface area contributed by atoms with Crippen molar-refractivity contribution in [2.45, 2.75) is 18.2 Å². The van der Waals surface area contributed by atoms with Crippen LogP contribution in [0.4, 0.5) is 5.69 Å². The molecule has 0 aliphatic heterocycles. The Morgan fingerprint density at radius 3 is 2.33 bits per heavy atom. The Morgan fingerprint density at radius 1 is 0.963 bits per heavy atom. The highest BCUT2D eigenvalue weighted by atomic mass is 32.2. The smallest absolute Gasteiger partial charge is 0.228 e. The maximum Gasteiger partial charge on any atom is 0.228 e. The number of hydrogen-bond acceptors (Lipinski definition) is 4. The minimum Gasteiger partial charge on any atom is -0.326 e. The Balaban J connectivity index is 1.68. The van der Waals surface area contributed by atoms with Crippen LogP contribution < -0.4 is 5.32 Å². The van der Waals surface area contributed by atoms with Gasteiger partial charge in [0.25, 0.3) is 0 Å². The van der Waals surface area contributed by atoms with E-state index in [1.54, 1.807) is 43.6 Å². The predicted octanol–water partition coefficient (Wildman–Crippen LogP) is 3.72. The van der Waals surface area contributed by atoms with Gasteiger partial charge in [-0.2, -0.15) is 0 Å². The largest absolute Gasteiger partial charge is 0.326 e. The molecular formula is C21H20N2O3S. The van der Waals surface area contributed by atoms with Crippen LogP contribution >= 0.6 is 0 Å². The molecule has 0 atom stereocenters. The van der Waals surface area contributed by atoms with Crippen LogP contribution in [-0.4, -0.2) is 25.1 Å². The number of sulfone groups is 1. The monoisotopic (exact) mass is 380 g/mol. The van der Waals surface area contributed by atoms with Crippen molar-refractivity contribution in [3.8, 4) is 11.1 Å². The topological polar surface area (TPSA) is 76.1 Å². The number of anilines is 1. The number of amides is 1. The molecular weight excluding hydrogens is 360 g/mol. The third-order valence-corrected chi connectivity index (χ3v) is 5.94. The maximum absolute atomic E-state index is 12.3. The highest BCUT2D eigenvalue weighted by molar-refractivity contribution is 7.91. The Hall–Kier alpha value is -2.99. The summed E-state index contributed by atoms with van der Waals surface area (Å²) in [6.07, 6.45) is 3.62. The molecule has 0 aliphatic rings. The van der Waals surface area contributed by atoms with E-state index >= 15 is 0 Å². The molecule has 6 heteroatoms. The lowest BCUT2D eigenvalue weighted by molar-refractivity contribution is -0.115. The van der Waals surface area contributed by atoms with Gasteiger partial charge in [-0.15, -0.1) is 0 Å². The maximum atomic E-state index is 12.3. The van der Waals surface area contributed by atoms with Crippen LogP contribution in [0.5, 0.6) is 0 Å². The van der Waals surface area contributed by atoms with Crippen LogP contribution in [0.25, 0.3) is 11.1 Å². The Morgan fingerprint density at radius 2 is 1.67 bits per heavy atom. The number of nitrogens with zero attached hydrogens (tertiary/aromatic N) is 1. The van der Waals surface area contributed by atoms with E-state index in [0.29, 0.717) is 5.69 Å². The van der Waals surface area contributed by atoms with E-state index in [9.17, 15) is 13.2 Å². The summed E-state index contributed by atoms with van der Waals surface area (Å²) in [5, 5.41) is 2.88. The lowest BCUT2D eigenvalue weighted by Gasteiger charge is -2.08. The van der Waals surface area contributed by atoms with Crippen LogP contribution in [-0.2, 0) is 21.1 Å². The summed E-state index contributed by atoms with van der Waals surface area (Å²) in [4.78, 5) is 16.6. The number of hydrogen-bond donors (Lipinski definition) is 1. The summed E-state index contributed by atoms with van der Waals surface area (Å²) in [6, 6.07) is 17.9. The molecule has 1 heterocycles. The molecule has 0 spiro atoms. The first-order valence-corrected chi connectivity index (χ1v) is 10.2. The van der Waals surface area contributed by atoms with Crippen LogP contribution in [0.3, 0.4) is 0 Å². The van der Waals surface area contributed by atoms with Gasteiger partial charge in [-0.05, 0) is 53.1 Å². The first kappa shape index (κ1) is 18.8. The van der Waals surface area contributed by atoms with Gasteiger partial charge in [0.1, 0.15) is 0 Å². The van der Waals surface area contributed by atoms with Gasteiger partial charge < -0.3 is 5.32 Å². The van der Waals surface area contributed by atoms with Crippen LogP contribution in [0.2, 0.25) is 0 Å². The molecule has 2 aromatic carbocycles. The van der Waals surface area contributed by atoms with Gasteiger partial charge in [0.15, 0.2) is 9.84 Å². The van der Waals surface area contributed by atoms with E-state index in [2.05, 4.69) is 10.3 Å².